The van der Waals surface area contributed by atoms with Crippen LogP contribution in [0.15, 0.2) is 72.3 Å². The Morgan fingerprint density at radius 2 is 1.84 bits per heavy atom. The van der Waals surface area contributed by atoms with E-state index in [9.17, 15) is 29.2 Å². The van der Waals surface area contributed by atoms with Gasteiger partial charge in [0, 0.05) is 17.7 Å². The van der Waals surface area contributed by atoms with Gasteiger partial charge in [-0.2, -0.15) is 0 Å². The van der Waals surface area contributed by atoms with Gasteiger partial charge in [-0.25, -0.2) is 9.37 Å². The number of Topliss-reactive ketones (excluding diaryl/α,β-unsaturated/α-hetero) is 1. The lowest BCUT2D eigenvalue weighted by atomic mass is 9.95. The number of amides is 1. The first kappa shape index (κ1) is 24.1. The highest BCUT2D eigenvalue weighted by Crippen LogP contribution is 2.44. The number of hydrogen-bond acceptors (Lipinski definition) is 8. The molecule has 37 heavy (non-hydrogen) atoms. The number of rotatable bonds is 6. The topological polar surface area (TPSA) is 123 Å². The van der Waals surface area contributed by atoms with Crippen LogP contribution in [0.25, 0.3) is 16.0 Å². The summed E-state index contributed by atoms with van der Waals surface area (Å²) in [6, 6.07) is 14.5. The van der Waals surface area contributed by atoms with Gasteiger partial charge in [0.05, 0.1) is 33.4 Å². The van der Waals surface area contributed by atoms with Gasteiger partial charge in [0.2, 0.25) is 0 Å². The van der Waals surface area contributed by atoms with Gasteiger partial charge in [-0.05, 0) is 67.1 Å². The van der Waals surface area contributed by atoms with Crippen LogP contribution in [0, 0.1) is 15.9 Å². The number of thiazole rings is 1. The Hall–Kier alpha value is -4.64. The van der Waals surface area contributed by atoms with Crippen molar-refractivity contribution in [2.75, 3.05) is 11.5 Å². The number of ether oxygens (including phenoxy) is 1. The van der Waals surface area contributed by atoms with Crippen LogP contribution >= 0.6 is 11.3 Å². The molecule has 4 aromatic rings. The number of carbonyl (C=O) groups is 2. The van der Waals surface area contributed by atoms with Crippen LogP contribution in [-0.2, 0) is 9.59 Å². The number of anilines is 1. The minimum atomic E-state index is -1.13. The standard InChI is InChI=1S/C26H18FN3O6S/c1-2-36-18-10-5-15(6-11-18)23(31)21-22(14-3-8-17(9-4-14)30(34)35)29(25(33)24(21)32)26-28-19-12-7-16(27)13-20(19)37-26/h3-13,22,31H,2H2,1H3/b23-21+. The maximum atomic E-state index is 13.8. The van der Waals surface area contributed by atoms with Crippen molar-refractivity contribution in [1.29, 1.82) is 0 Å². The van der Waals surface area contributed by atoms with E-state index in [2.05, 4.69) is 4.98 Å². The quantitative estimate of drug-likeness (QED) is 0.119. The zero-order valence-electron chi connectivity index (χ0n) is 19.3. The smallest absolute Gasteiger partial charge is 0.301 e. The third-order valence-corrected chi connectivity index (χ3v) is 6.87. The van der Waals surface area contributed by atoms with Crippen molar-refractivity contribution in [3.05, 3.63) is 99.4 Å². The zero-order valence-corrected chi connectivity index (χ0v) is 20.1. The van der Waals surface area contributed by atoms with Crippen molar-refractivity contribution in [2.24, 2.45) is 0 Å². The van der Waals surface area contributed by atoms with Gasteiger partial charge >= 0.3 is 5.91 Å². The van der Waals surface area contributed by atoms with E-state index in [-0.39, 0.29) is 22.0 Å². The Kier molecular flexibility index (Phi) is 6.14. The van der Waals surface area contributed by atoms with E-state index >= 15 is 0 Å². The van der Waals surface area contributed by atoms with Crippen molar-refractivity contribution in [2.45, 2.75) is 13.0 Å². The highest BCUT2D eigenvalue weighted by molar-refractivity contribution is 7.22. The Morgan fingerprint density at radius 1 is 1.14 bits per heavy atom. The second-order valence-corrected chi connectivity index (χ2v) is 9.09. The van der Waals surface area contributed by atoms with Crippen LogP contribution in [0.3, 0.4) is 0 Å². The fourth-order valence-corrected chi connectivity index (χ4v) is 5.16. The molecule has 0 radical (unpaired) electrons. The number of nitrogens with zero attached hydrogens (tertiary/aromatic N) is 3. The van der Waals surface area contributed by atoms with Crippen LogP contribution in [0.4, 0.5) is 15.2 Å². The molecular formula is C26H18FN3O6S. The number of aliphatic hydroxyl groups is 1. The molecule has 1 amide bonds. The predicted molar refractivity (Wildman–Crippen MR) is 135 cm³/mol. The average Bonchev–Trinajstić information content (AvgIpc) is 3.42. The summed E-state index contributed by atoms with van der Waals surface area (Å²) in [6.45, 7) is 2.28. The SMILES string of the molecule is CCOc1ccc(/C(O)=C2\C(=O)C(=O)N(c3nc4ccc(F)cc4s3)C2c2ccc([N+](=O)[O-])cc2)cc1. The minimum absolute atomic E-state index is 0.122. The van der Waals surface area contributed by atoms with Crippen LogP contribution in [0.2, 0.25) is 0 Å². The number of halogens is 1. The Balaban J connectivity index is 1.68. The van der Waals surface area contributed by atoms with E-state index in [1.54, 1.807) is 24.3 Å². The van der Waals surface area contributed by atoms with Crippen LogP contribution in [-0.4, -0.2) is 33.3 Å². The highest BCUT2D eigenvalue weighted by Gasteiger charge is 2.48. The Bertz CT molecular complexity index is 1580. The molecule has 11 heteroatoms. The zero-order chi connectivity index (χ0) is 26.3. The van der Waals surface area contributed by atoms with Crippen LogP contribution in [0.1, 0.15) is 24.1 Å². The number of nitro groups is 1. The molecule has 1 unspecified atom stereocenters. The van der Waals surface area contributed by atoms with E-state index in [4.69, 9.17) is 4.74 Å². The molecule has 186 valence electrons. The lowest BCUT2D eigenvalue weighted by Gasteiger charge is -2.22. The molecule has 1 aliphatic heterocycles. The molecule has 1 N–H and O–H groups in total. The van der Waals surface area contributed by atoms with Crippen molar-refractivity contribution < 1.29 is 28.7 Å². The molecule has 1 aliphatic rings. The van der Waals surface area contributed by atoms with Gasteiger partial charge in [0.25, 0.3) is 11.5 Å². The normalized spacial score (nSPS) is 16.9. The van der Waals surface area contributed by atoms with Gasteiger partial charge in [-0.15, -0.1) is 0 Å². The number of fused-ring (bicyclic) bond motifs is 1. The third-order valence-electron chi connectivity index (χ3n) is 5.85. The lowest BCUT2D eigenvalue weighted by molar-refractivity contribution is -0.384. The number of aromatic nitrogens is 1. The summed E-state index contributed by atoms with van der Waals surface area (Å²) in [5.41, 5.74) is 0.677. The van der Waals surface area contributed by atoms with Crippen LogP contribution in [0.5, 0.6) is 5.75 Å². The molecule has 0 bridgehead atoms. The molecule has 1 atom stereocenters. The summed E-state index contributed by atoms with van der Waals surface area (Å²) in [4.78, 5) is 42.7. The van der Waals surface area contributed by atoms with E-state index in [0.29, 0.717) is 28.1 Å². The first-order valence-corrected chi connectivity index (χ1v) is 11.9. The molecule has 1 fully saturated rings. The largest absolute Gasteiger partial charge is 0.507 e. The second-order valence-electron chi connectivity index (χ2n) is 8.08. The van der Waals surface area contributed by atoms with Crippen molar-refractivity contribution in [1.82, 2.24) is 4.98 Å². The molecular weight excluding hydrogens is 501 g/mol. The van der Waals surface area contributed by atoms with Gasteiger partial charge in [0.15, 0.2) is 5.13 Å². The molecule has 2 heterocycles. The summed E-state index contributed by atoms with van der Waals surface area (Å²) in [5, 5.41) is 22.5. The molecule has 0 aliphatic carbocycles. The van der Waals surface area contributed by atoms with Crippen molar-refractivity contribution in [3.8, 4) is 5.75 Å². The average molecular weight is 520 g/mol. The van der Waals surface area contributed by atoms with E-state index in [1.807, 2.05) is 6.92 Å². The van der Waals surface area contributed by atoms with Crippen molar-refractivity contribution >= 4 is 49.8 Å². The fourth-order valence-electron chi connectivity index (χ4n) is 4.14. The molecule has 9 nitrogen and oxygen atoms in total. The minimum Gasteiger partial charge on any atom is -0.507 e. The lowest BCUT2D eigenvalue weighted by Crippen LogP contribution is -2.29. The predicted octanol–water partition coefficient (Wildman–Crippen LogP) is 5.37. The second kappa shape index (κ2) is 9.43. The summed E-state index contributed by atoms with van der Waals surface area (Å²) in [5.74, 6) is -2.21. The molecule has 0 spiro atoms. The number of hydrogen-bond donors (Lipinski definition) is 1. The first-order valence-electron chi connectivity index (χ1n) is 11.1. The van der Waals surface area contributed by atoms with E-state index in [0.717, 1.165) is 16.2 Å². The molecule has 3 aromatic carbocycles. The van der Waals surface area contributed by atoms with Gasteiger partial charge in [-0.3, -0.25) is 24.6 Å². The highest BCUT2D eigenvalue weighted by atomic mass is 32.1. The number of ketones is 1. The third kappa shape index (κ3) is 4.29. The number of nitro benzene ring substituents is 1. The van der Waals surface area contributed by atoms with E-state index < -0.39 is 34.2 Å². The van der Waals surface area contributed by atoms with Gasteiger partial charge in [0.1, 0.15) is 17.3 Å². The maximum absolute atomic E-state index is 13.8. The summed E-state index contributed by atoms with van der Waals surface area (Å²) in [7, 11) is 0. The Labute approximate surface area is 213 Å². The molecule has 5 rings (SSSR count). The van der Waals surface area contributed by atoms with Crippen LogP contribution < -0.4 is 9.64 Å². The van der Waals surface area contributed by atoms with Gasteiger partial charge in [-0.1, -0.05) is 11.3 Å². The molecule has 1 aromatic heterocycles. The van der Waals surface area contributed by atoms with Gasteiger partial charge < -0.3 is 9.84 Å². The molecule has 1 saturated heterocycles. The number of non-ortho nitro benzene ring substituents is 1. The number of aliphatic hydroxyl groups excluding tert-OH is 1. The Morgan fingerprint density at radius 3 is 2.49 bits per heavy atom. The fraction of sp³-hybridized carbons (Fsp3) is 0.115. The molecule has 0 saturated carbocycles. The van der Waals surface area contributed by atoms with E-state index in [1.165, 1.54) is 42.5 Å². The van der Waals surface area contributed by atoms with Crippen molar-refractivity contribution in [3.63, 3.8) is 0 Å². The maximum Gasteiger partial charge on any atom is 0.301 e. The number of benzene rings is 3. The number of carbonyl (C=O) groups excluding carboxylic acids is 2. The first-order chi connectivity index (χ1) is 17.8. The summed E-state index contributed by atoms with van der Waals surface area (Å²) in [6.07, 6.45) is 0. The summed E-state index contributed by atoms with van der Waals surface area (Å²) >= 11 is 1.01. The monoisotopic (exact) mass is 519 g/mol. The summed E-state index contributed by atoms with van der Waals surface area (Å²) < 4.78 is 19.7.